The van der Waals surface area contributed by atoms with Crippen LogP contribution in [0.1, 0.15) is 32.4 Å². The van der Waals surface area contributed by atoms with Crippen molar-refractivity contribution in [2.45, 2.75) is 38.9 Å². The number of benzene rings is 1. The topological polar surface area (TPSA) is 58.4 Å². The Labute approximate surface area is 126 Å². The fourth-order valence-corrected chi connectivity index (χ4v) is 2.44. The van der Waals surface area contributed by atoms with Gasteiger partial charge in [0, 0.05) is 23.1 Å². The fourth-order valence-electron chi connectivity index (χ4n) is 2.31. The molecule has 0 aliphatic carbocycles. The first-order valence-corrected chi connectivity index (χ1v) is 7.19. The number of rotatable bonds is 6. The van der Waals surface area contributed by atoms with Crippen LogP contribution in [0.2, 0.25) is 5.02 Å². The quantitative estimate of drug-likeness (QED) is 0.846. The SMILES string of the molecule is CC(C)NC(=O)CN(C)C(c1ccc(Cl)cc1)C(C)N. The maximum absolute atomic E-state index is 11.9. The van der Waals surface area contributed by atoms with Crippen LogP contribution in [0.4, 0.5) is 0 Å². The zero-order valence-corrected chi connectivity index (χ0v) is 13.3. The lowest BCUT2D eigenvalue weighted by Gasteiger charge is -2.31. The van der Waals surface area contributed by atoms with Crippen molar-refractivity contribution in [2.24, 2.45) is 5.73 Å². The van der Waals surface area contributed by atoms with Crippen molar-refractivity contribution < 1.29 is 4.79 Å². The van der Waals surface area contributed by atoms with E-state index in [0.29, 0.717) is 11.6 Å². The zero-order valence-electron chi connectivity index (χ0n) is 12.6. The highest BCUT2D eigenvalue weighted by Gasteiger charge is 2.23. The lowest BCUT2D eigenvalue weighted by molar-refractivity contribution is -0.123. The first-order chi connectivity index (χ1) is 9.31. The highest BCUT2D eigenvalue weighted by atomic mass is 35.5. The number of halogens is 1. The van der Waals surface area contributed by atoms with Crippen molar-refractivity contribution >= 4 is 17.5 Å². The van der Waals surface area contributed by atoms with Gasteiger partial charge in [-0.3, -0.25) is 9.69 Å². The van der Waals surface area contributed by atoms with Crippen LogP contribution >= 0.6 is 11.6 Å². The molecular weight excluding hydrogens is 274 g/mol. The molecular formula is C15H24ClN3O. The first kappa shape index (κ1) is 17.0. The summed E-state index contributed by atoms with van der Waals surface area (Å²) >= 11 is 5.91. The molecule has 0 aliphatic heterocycles. The van der Waals surface area contributed by atoms with Crippen LogP contribution in [0.3, 0.4) is 0 Å². The number of carbonyl (C=O) groups excluding carboxylic acids is 1. The van der Waals surface area contributed by atoms with E-state index in [1.54, 1.807) is 0 Å². The van der Waals surface area contributed by atoms with Crippen molar-refractivity contribution in [2.75, 3.05) is 13.6 Å². The molecule has 112 valence electrons. The standard InChI is InChI=1S/C15H24ClN3O/c1-10(2)18-14(20)9-19(4)15(11(3)17)12-5-7-13(16)8-6-12/h5-8,10-11,15H,9,17H2,1-4H3,(H,18,20). The van der Waals surface area contributed by atoms with E-state index in [2.05, 4.69) is 5.32 Å². The first-order valence-electron chi connectivity index (χ1n) is 6.82. The Bertz CT molecular complexity index is 431. The van der Waals surface area contributed by atoms with Gasteiger partial charge < -0.3 is 11.1 Å². The summed E-state index contributed by atoms with van der Waals surface area (Å²) in [6, 6.07) is 7.61. The van der Waals surface area contributed by atoms with E-state index in [9.17, 15) is 4.79 Å². The Balaban J connectivity index is 2.80. The Morgan fingerprint density at radius 1 is 1.30 bits per heavy atom. The molecule has 2 unspecified atom stereocenters. The van der Waals surface area contributed by atoms with Gasteiger partial charge in [0.25, 0.3) is 0 Å². The number of hydrogen-bond acceptors (Lipinski definition) is 3. The molecule has 0 fully saturated rings. The van der Waals surface area contributed by atoms with Gasteiger partial charge in [-0.25, -0.2) is 0 Å². The molecule has 20 heavy (non-hydrogen) atoms. The number of nitrogens with zero attached hydrogens (tertiary/aromatic N) is 1. The van der Waals surface area contributed by atoms with Crippen molar-refractivity contribution in [3.63, 3.8) is 0 Å². The highest BCUT2D eigenvalue weighted by Crippen LogP contribution is 2.23. The number of nitrogens with one attached hydrogen (secondary N) is 1. The van der Waals surface area contributed by atoms with Crippen LogP contribution in [0.25, 0.3) is 0 Å². The van der Waals surface area contributed by atoms with Gasteiger partial charge >= 0.3 is 0 Å². The molecule has 2 atom stereocenters. The molecule has 1 aromatic rings. The van der Waals surface area contributed by atoms with E-state index in [-0.39, 0.29) is 24.0 Å². The van der Waals surface area contributed by atoms with Gasteiger partial charge in [-0.15, -0.1) is 0 Å². The second-order valence-electron chi connectivity index (χ2n) is 5.49. The van der Waals surface area contributed by atoms with Gasteiger partial charge in [-0.05, 0) is 45.5 Å². The fraction of sp³-hybridized carbons (Fsp3) is 0.533. The second kappa shape index (κ2) is 7.62. The number of likely N-dealkylation sites (N-methyl/N-ethyl adjacent to an activating group) is 1. The molecule has 1 aromatic carbocycles. The Morgan fingerprint density at radius 2 is 1.85 bits per heavy atom. The minimum Gasteiger partial charge on any atom is -0.353 e. The lowest BCUT2D eigenvalue weighted by Crippen LogP contribution is -2.44. The minimum atomic E-state index is -0.0898. The Morgan fingerprint density at radius 3 is 2.30 bits per heavy atom. The van der Waals surface area contributed by atoms with Gasteiger partial charge in [0.1, 0.15) is 0 Å². The molecule has 0 spiro atoms. The van der Waals surface area contributed by atoms with Crippen molar-refractivity contribution in [1.82, 2.24) is 10.2 Å². The third-order valence-electron chi connectivity index (χ3n) is 3.03. The van der Waals surface area contributed by atoms with Gasteiger partial charge in [0.05, 0.1) is 6.54 Å². The van der Waals surface area contributed by atoms with Gasteiger partial charge in [-0.2, -0.15) is 0 Å². The van der Waals surface area contributed by atoms with Crippen LogP contribution in [0.5, 0.6) is 0 Å². The van der Waals surface area contributed by atoms with Gasteiger partial charge in [0.15, 0.2) is 0 Å². The van der Waals surface area contributed by atoms with Crippen molar-refractivity contribution in [3.05, 3.63) is 34.9 Å². The summed E-state index contributed by atoms with van der Waals surface area (Å²) in [4.78, 5) is 13.8. The molecule has 0 aromatic heterocycles. The summed E-state index contributed by atoms with van der Waals surface area (Å²) < 4.78 is 0. The van der Waals surface area contributed by atoms with E-state index < -0.39 is 0 Å². The van der Waals surface area contributed by atoms with Gasteiger partial charge in [-0.1, -0.05) is 23.7 Å². The van der Waals surface area contributed by atoms with E-state index >= 15 is 0 Å². The summed E-state index contributed by atoms with van der Waals surface area (Å²) in [6.45, 7) is 6.14. The van der Waals surface area contributed by atoms with Crippen molar-refractivity contribution in [3.8, 4) is 0 Å². The van der Waals surface area contributed by atoms with Crippen LogP contribution in [0, 0.1) is 0 Å². The normalized spacial score (nSPS) is 14.4. The molecule has 1 amide bonds. The predicted octanol–water partition coefficient (Wildman–Crippen LogP) is 2.18. The Hall–Kier alpha value is -1.10. The van der Waals surface area contributed by atoms with Crippen LogP contribution in [-0.2, 0) is 4.79 Å². The maximum atomic E-state index is 11.9. The van der Waals surface area contributed by atoms with Gasteiger partial charge in [0.2, 0.25) is 5.91 Å². The highest BCUT2D eigenvalue weighted by molar-refractivity contribution is 6.30. The van der Waals surface area contributed by atoms with E-state index in [4.69, 9.17) is 17.3 Å². The van der Waals surface area contributed by atoms with E-state index in [1.165, 1.54) is 0 Å². The minimum absolute atomic E-state index is 0.00196. The summed E-state index contributed by atoms with van der Waals surface area (Å²) in [5.41, 5.74) is 7.14. The number of carbonyl (C=O) groups is 1. The maximum Gasteiger partial charge on any atom is 0.234 e. The molecule has 0 heterocycles. The smallest absolute Gasteiger partial charge is 0.234 e. The molecule has 5 heteroatoms. The van der Waals surface area contributed by atoms with Crippen LogP contribution in [-0.4, -0.2) is 36.5 Å². The lowest BCUT2D eigenvalue weighted by atomic mass is 9.99. The summed E-state index contributed by atoms with van der Waals surface area (Å²) in [7, 11) is 1.91. The van der Waals surface area contributed by atoms with Crippen molar-refractivity contribution in [1.29, 1.82) is 0 Å². The second-order valence-corrected chi connectivity index (χ2v) is 5.93. The third-order valence-corrected chi connectivity index (χ3v) is 3.28. The summed E-state index contributed by atoms with van der Waals surface area (Å²) in [5, 5.41) is 3.58. The summed E-state index contributed by atoms with van der Waals surface area (Å²) in [6.07, 6.45) is 0. The molecule has 0 bridgehead atoms. The zero-order chi connectivity index (χ0) is 15.3. The third kappa shape index (κ3) is 5.12. The number of hydrogen-bond donors (Lipinski definition) is 2. The summed E-state index contributed by atoms with van der Waals surface area (Å²) in [5.74, 6) is 0.00196. The molecule has 1 rings (SSSR count). The molecule has 0 saturated carbocycles. The van der Waals surface area contributed by atoms with E-state index in [1.807, 2.05) is 57.0 Å². The van der Waals surface area contributed by atoms with Crippen LogP contribution in [0.15, 0.2) is 24.3 Å². The molecule has 0 aliphatic rings. The molecule has 0 saturated heterocycles. The average Bonchev–Trinajstić information content (AvgIpc) is 2.30. The number of amides is 1. The average molecular weight is 298 g/mol. The van der Waals surface area contributed by atoms with E-state index in [0.717, 1.165) is 5.56 Å². The molecule has 4 nitrogen and oxygen atoms in total. The molecule has 3 N–H and O–H groups in total. The Kier molecular flexibility index (Phi) is 6.46. The molecule has 0 radical (unpaired) electrons. The monoisotopic (exact) mass is 297 g/mol. The largest absolute Gasteiger partial charge is 0.353 e. The number of nitrogens with two attached hydrogens (primary N) is 1. The predicted molar refractivity (Wildman–Crippen MR) is 83.8 cm³/mol. The van der Waals surface area contributed by atoms with Crippen LogP contribution < -0.4 is 11.1 Å².